The Hall–Kier alpha value is -0.880. The number of likely N-dealkylation sites (N-methyl/N-ethyl adjacent to an activating group) is 1. The molecular formula is C11H19BrN4O. The van der Waals surface area contributed by atoms with E-state index in [1.165, 1.54) is 0 Å². The molecule has 0 aliphatic heterocycles. The minimum absolute atomic E-state index is 0.157. The van der Waals surface area contributed by atoms with Crippen molar-refractivity contribution in [2.45, 2.75) is 20.0 Å². The van der Waals surface area contributed by atoms with E-state index in [2.05, 4.69) is 31.2 Å². The van der Waals surface area contributed by atoms with Gasteiger partial charge < -0.3 is 15.0 Å². The molecule has 0 aliphatic carbocycles. The molecule has 6 heteroatoms. The molecule has 1 rings (SSSR count). The molecule has 1 aromatic rings. The molecule has 1 heterocycles. The first-order chi connectivity index (χ1) is 8.08. The van der Waals surface area contributed by atoms with Gasteiger partial charge in [-0.2, -0.15) is 4.98 Å². The van der Waals surface area contributed by atoms with E-state index >= 15 is 0 Å². The molecule has 0 bridgehead atoms. The molecule has 1 N–H and O–H groups in total. The fraction of sp³-hybridized carbons (Fsp3) is 0.636. The summed E-state index contributed by atoms with van der Waals surface area (Å²) in [5, 5.41) is 3.10. The van der Waals surface area contributed by atoms with Crippen molar-refractivity contribution in [2.75, 3.05) is 37.5 Å². The van der Waals surface area contributed by atoms with E-state index in [4.69, 9.17) is 4.74 Å². The molecule has 1 atom stereocenters. The quantitative estimate of drug-likeness (QED) is 0.872. The lowest BCUT2D eigenvalue weighted by Gasteiger charge is -2.22. The van der Waals surface area contributed by atoms with Crippen molar-refractivity contribution < 1.29 is 4.74 Å². The Morgan fingerprint density at radius 2 is 2.29 bits per heavy atom. The number of ether oxygens (including phenoxy) is 1. The number of nitrogens with zero attached hydrogens (tertiary/aromatic N) is 3. The normalized spacial score (nSPS) is 12.3. The van der Waals surface area contributed by atoms with E-state index in [1.54, 1.807) is 13.3 Å². The van der Waals surface area contributed by atoms with E-state index in [9.17, 15) is 0 Å². The molecular weight excluding hydrogens is 284 g/mol. The summed E-state index contributed by atoms with van der Waals surface area (Å²) in [5.74, 6) is 1.50. The lowest BCUT2D eigenvalue weighted by atomic mass is 10.3. The summed E-state index contributed by atoms with van der Waals surface area (Å²) >= 11 is 3.46. The number of methoxy groups -OCH3 is 1. The van der Waals surface area contributed by atoms with E-state index in [1.807, 2.05) is 25.8 Å². The van der Waals surface area contributed by atoms with Gasteiger partial charge >= 0.3 is 0 Å². The van der Waals surface area contributed by atoms with E-state index < -0.39 is 0 Å². The Bertz CT molecular complexity index is 361. The number of hydrogen-bond donors (Lipinski definition) is 1. The third kappa shape index (κ3) is 4.12. The van der Waals surface area contributed by atoms with Crippen molar-refractivity contribution in [2.24, 2.45) is 0 Å². The molecule has 0 saturated carbocycles. The van der Waals surface area contributed by atoms with Gasteiger partial charge in [0.25, 0.3) is 0 Å². The number of hydrogen-bond acceptors (Lipinski definition) is 5. The summed E-state index contributed by atoms with van der Waals surface area (Å²) in [4.78, 5) is 10.7. The molecule has 0 fully saturated rings. The van der Waals surface area contributed by atoms with Gasteiger partial charge in [-0.1, -0.05) is 0 Å². The number of rotatable bonds is 6. The molecule has 1 aromatic heterocycles. The van der Waals surface area contributed by atoms with Crippen LogP contribution in [0, 0.1) is 0 Å². The van der Waals surface area contributed by atoms with Crippen molar-refractivity contribution in [3.8, 4) is 0 Å². The average molecular weight is 303 g/mol. The summed E-state index contributed by atoms with van der Waals surface area (Å²) in [6.07, 6.45) is 1.92. The molecule has 0 radical (unpaired) electrons. The van der Waals surface area contributed by atoms with Gasteiger partial charge in [0, 0.05) is 33.4 Å². The maximum Gasteiger partial charge on any atom is 0.224 e. The predicted octanol–water partition coefficient (Wildman–Crippen LogP) is 2.14. The fourth-order valence-corrected chi connectivity index (χ4v) is 1.91. The molecule has 0 amide bonds. The highest BCUT2D eigenvalue weighted by molar-refractivity contribution is 9.10. The van der Waals surface area contributed by atoms with Crippen LogP contribution < -0.4 is 10.2 Å². The Kier molecular flexibility index (Phi) is 5.64. The molecule has 0 aromatic carbocycles. The van der Waals surface area contributed by atoms with Gasteiger partial charge in [-0.05, 0) is 29.8 Å². The predicted molar refractivity (Wildman–Crippen MR) is 73.6 cm³/mol. The highest BCUT2D eigenvalue weighted by atomic mass is 79.9. The van der Waals surface area contributed by atoms with Crippen LogP contribution >= 0.6 is 15.9 Å². The number of nitrogens with one attached hydrogen (secondary N) is 1. The lowest BCUT2D eigenvalue weighted by Crippen LogP contribution is -2.29. The first kappa shape index (κ1) is 14.2. The van der Waals surface area contributed by atoms with Crippen molar-refractivity contribution in [3.05, 3.63) is 10.7 Å². The van der Waals surface area contributed by atoms with Crippen LogP contribution in [0.25, 0.3) is 0 Å². The van der Waals surface area contributed by atoms with Crippen LogP contribution in [0.2, 0.25) is 0 Å². The highest BCUT2D eigenvalue weighted by Gasteiger charge is 2.12. The zero-order chi connectivity index (χ0) is 12.8. The minimum Gasteiger partial charge on any atom is -0.380 e. The summed E-state index contributed by atoms with van der Waals surface area (Å²) in [6, 6.07) is 0. The first-order valence-electron chi connectivity index (χ1n) is 5.58. The molecule has 0 saturated heterocycles. The number of aromatic nitrogens is 2. The fourth-order valence-electron chi connectivity index (χ4n) is 1.42. The van der Waals surface area contributed by atoms with E-state index in [0.717, 1.165) is 23.4 Å². The molecule has 5 nitrogen and oxygen atoms in total. The molecule has 17 heavy (non-hydrogen) atoms. The van der Waals surface area contributed by atoms with Crippen LogP contribution in [0.4, 0.5) is 11.8 Å². The maximum absolute atomic E-state index is 5.24. The Balaban J connectivity index is 2.83. The van der Waals surface area contributed by atoms with Crippen molar-refractivity contribution >= 4 is 27.7 Å². The van der Waals surface area contributed by atoms with Gasteiger partial charge in [0.1, 0.15) is 5.82 Å². The molecule has 0 spiro atoms. The smallest absolute Gasteiger partial charge is 0.224 e. The second kappa shape index (κ2) is 6.76. The van der Waals surface area contributed by atoms with Crippen molar-refractivity contribution in [3.63, 3.8) is 0 Å². The molecule has 96 valence electrons. The Morgan fingerprint density at radius 1 is 1.59 bits per heavy atom. The van der Waals surface area contributed by atoms with E-state index in [-0.39, 0.29) is 6.10 Å². The molecule has 1 unspecified atom stereocenters. The summed E-state index contributed by atoms with van der Waals surface area (Å²) in [6.45, 7) is 5.62. The second-order valence-corrected chi connectivity index (χ2v) is 4.68. The SMILES string of the molecule is CCNc1ncc(Br)c(N(C)CC(C)OC)n1. The second-order valence-electron chi connectivity index (χ2n) is 3.82. The highest BCUT2D eigenvalue weighted by Crippen LogP contribution is 2.23. The summed E-state index contributed by atoms with van der Waals surface area (Å²) in [5.41, 5.74) is 0. The van der Waals surface area contributed by atoms with Crippen molar-refractivity contribution in [1.29, 1.82) is 0 Å². The van der Waals surface area contributed by atoms with Gasteiger partial charge in [0.15, 0.2) is 0 Å². The number of halogens is 1. The monoisotopic (exact) mass is 302 g/mol. The lowest BCUT2D eigenvalue weighted by molar-refractivity contribution is 0.124. The zero-order valence-electron chi connectivity index (χ0n) is 10.7. The standard InChI is InChI=1S/C11H19BrN4O/c1-5-13-11-14-6-9(12)10(15-11)16(3)7-8(2)17-4/h6,8H,5,7H2,1-4H3,(H,13,14,15). The van der Waals surface area contributed by atoms with Gasteiger partial charge in [-0.15, -0.1) is 0 Å². The number of anilines is 2. The Labute approximate surface area is 111 Å². The topological polar surface area (TPSA) is 50.3 Å². The summed E-state index contributed by atoms with van der Waals surface area (Å²) < 4.78 is 6.12. The van der Waals surface area contributed by atoms with Crippen LogP contribution in [-0.4, -0.2) is 43.3 Å². The molecule has 0 aliphatic rings. The average Bonchev–Trinajstić information content (AvgIpc) is 2.31. The van der Waals surface area contributed by atoms with Crippen molar-refractivity contribution in [1.82, 2.24) is 9.97 Å². The van der Waals surface area contributed by atoms with Crippen LogP contribution in [0.3, 0.4) is 0 Å². The van der Waals surface area contributed by atoms with Crippen LogP contribution in [-0.2, 0) is 4.74 Å². The Morgan fingerprint density at radius 3 is 2.88 bits per heavy atom. The van der Waals surface area contributed by atoms with Gasteiger partial charge in [-0.25, -0.2) is 4.98 Å². The van der Waals surface area contributed by atoms with Gasteiger partial charge in [0.05, 0.1) is 10.6 Å². The largest absolute Gasteiger partial charge is 0.380 e. The van der Waals surface area contributed by atoms with Crippen LogP contribution in [0.1, 0.15) is 13.8 Å². The maximum atomic E-state index is 5.24. The van der Waals surface area contributed by atoms with Crippen LogP contribution in [0.15, 0.2) is 10.7 Å². The van der Waals surface area contributed by atoms with Crippen LogP contribution in [0.5, 0.6) is 0 Å². The van der Waals surface area contributed by atoms with Gasteiger partial charge in [-0.3, -0.25) is 0 Å². The van der Waals surface area contributed by atoms with Gasteiger partial charge in [0.2, 0.25) is 5.95 Å². The summed E-state index contributed by atoms with van der Waals surface area (Å²) in [7, 11) is 3.69. The van der Waals surface area contributed by atoms with E-state index in [0.29, 0.717) is 5.95 Å². The first-order valence-corrected chi connectivity index (χ1v) is 6.38. The minimum atomic E-state index is 0.157. The zero-order valence-corrected chi connectivity index (χ0v) is 12.3. The third-order valence-electron chi connectivity index (χ3n) is 2.36. The third-order valence-corrected chi connectivity index (χ3v) is 2.91.